The summed E-state index contributed by atoms with van der Waals surface area (Å²) >= 11 is 15.5. The lowest BCUT2D eigenvalue weighted by atomic mass is 10.0. The van der Waals surface area contributed by atoms with Crippen molar-refractivity contribution in [3.63, 3.8) is 0 Å². The van der Waals surface area contributed by atoms with E-state index < -0.39 is 6.04 Å². The molecule has 1 atom stereocenters. The molecule has 1 N–H and O–H groups in total. The molecule has 1 unspecified atom stereocenters. The van der Waals surface area contributed by atoms with E-state index in [1.165, 1.54) is 12.3 Å². The summed E-state index contributed by atoms with van der Waals surface area (Å²) in [6.45, 7) is 2.76. The van der Waals surface area contributed by atoms with Crippen LogP contribution in [0.5, 0.6) is 0 Å². The maximum atomic E-state index is 14.2. The Morgan fingerprint density at radius 3 is 2.76 bits per heavy atom. The summed E-state index contributed by atoms with van der Waals surface area (Å²) in [4.78, 5) is 4.27. The van der Waals surface area contributed by atoms with E-state index in [2.05, 4.69) is 26.2 Å². The topological polar surface area (TPSA) is 24.9 Å². The molecule has 2 aromatic rings. The molecule has 2 rings (SSSR count). The molecule has 0 saturated heterocycles. The van der Waals surface area contributed by atoms with Crippen LogP contribution < -0.4 is 5.32 Å². The van der Waals surface area contributed by atoms with Crippen molar-refractivity contribution in [1.29, 1.82) is 0 Å². The van der Waals surface area contributed by atoms with Crippen molar-refractivity contribution >= 4 is 39.1 Å². The second kappa shape index (κ2) is 7.54. The van der Waals surface area contributed by atoms with E-state index in [1.54, 1.807) is 18.2 Å². The van der Waals surface area contributed by atoms with Crippen molar-refractivity contribution in [2.75, 3.05) is 6.54 Å². The summed E-state index contributed by atoms with van der Waals surface area (Å²) in [7, 11) is 0. The SMILES string of the molecule is CCCNC(c1cc(Br)ccc1F)c1ncc(Cl)cc1Cl. The minimum absolute atomic E-state index is 0.306. The van der Waals surface area contributed by atoms with Crippen LogP contribution in [0.25, 0.3) is 0 Å². The van der Waals surface area contributed by atoms with Gasteiger partial charge in [0.15, 0.2) is 0 Å². The molecule has 1 aromatic heterocycles. The molecule has 0 aliphatic carbocycles. The van der Waals surface area contributed by atoms with Gasteiger partial charge in [0.05, 0.1) is 21.8 Å². The van der Waals surface area contributed by atoms with Gasteiger partial charge in [-0.05, 0) is 37.2 Å². The molecule has 0 radical (unpaired) electrons. The standard InChI is InChI=1S/C15H14BrCl2FN2/c1-2-5-20-14(11-6-9(16)3-4-13(11)19)15-12(18)7-10(17)8-21-15/h3-4,6-8,14,20H,2,5H2,1H3. The maximum absolute atomic E-state index is 14.2. The van der Waals surface area contributed by atoms with Crippen molar-refractivity contribution in [3.8, 4) is 0 Å². The molecule has 0 aliphatic heterocycles. The molecule has 0 aliphatic rings. The van der Waals surface area contributed by atoms with E-state index in [4.69, 9.17) is 23.2 Å². The summed E-state index contributed by atoms with van der Waals surface area (Å²) in [6.07, 6.45) is 2.43. The molecule has 2 nitrogen and oxygen atoms in total. The third-order valence-electron chi connectivity index (χ3n) is 2.98. The van der Waals surface area contributed by atoms with Crippen LogP contribution >= 0.6 is 39.1 Å². The third-order valence-corrected chi connectivity index (χ3v) is 3.98. The number of pyridine rings is 1. The smallest absolute Gasteiger partial charge is 0.128 e. The normalized spacial score (nSPS) is 12.4. The Balaban J connectivity index is 2.49. The molecule has 1 aromatic carbocycles. The molecular formula is C15H14BrCl2FN2. The van der Waals surface area contributed by atoms with E-state index in [0.717, 1.165) is 17.4 Å². The highest BCUT2D eigenvalue weighted by Crippen LogP contribution is 2.31. The first kappa shape index (κ1) is 16.7. The van der Waals surface area contributed by atoms with Crippen LogP contribution in [0.2, 0.25) is 10.0 Å². The van der Waals surface area contributed by atoms with Crippen molar-refractivity contribution in [3.05, 3.63) is 62.1 Å². The molecule has 0 spiro atoms. The van der Waals surface area contributed by atoms with Gasteiger partial charge in [0.2, 0.25) is 0 Å². The number of nitrogens with one attached hydrogen (secondary N) is 1. The molecule has 0 amide bonds. The van der Waals surface area contributed by atoms with Crippen LogP contribution in [-0.2, 0) is 0 Å². The van der Waals surface area contributed by atoms with E-state index in [1.807, 2.05) is 6.92 Å². The van der Waals surface area contributed by atoms with E-state index in [0.29, 0.717) is 21.3 Å². The molecular weight excluding hydrogens is 378 g/mol. The number of hydrogen-bond donors (Lipinski definition) is 1. The Hall–Kier alpha value is -0.680. The average Bonchev–Trinajstić information content (AvgIpc) is 2.44. The lowest BCUT2D eigenvalue weighted by molar-refractivity contribution is 0.539. The van der Waals surface area contributed by atoms with Crippen LogP contribution in [0.3, 0.4) is 0 Å². The Labute approximate surface area is 141 Å². The van der Waals surface area contributed by atoms with Gasteiger partial charge in [-0.3, -0.25) is 4.98 Å². The Morgan fingerprint density at radius 1 is 1.33 bits per heavy atom. The predicted molar refractivity (Wildman–Crippen MR) is 88.5 cm³/mol. The molecule has 0 fully saturated rings. The number of nitrogens with zero attached hydrogens (tertiary/aromatic N) is 1. The van der Waals surface area contributed by atoms with E-state index in [-0.39, 0.29) is 5.82 Å². The van der Waals surface area contributed by atoms with Gasteiger partial charge < -0.3 is 5.32 Å². The van der Waals surface area contributed by atoms with Gasteiger partial charge in [-0.1, -0.05) is 46.1 Å². The monoisotopic (exact) mass is 390 g/mol. The summed E-state index contributed by atoms with van der Waals surface area (Å²) in [6, 6.07) is 6.00. The summed E-state index contributed by atoms with van der Waals surface area (Å²) < 4.78 is 15.0. The second-order valence-electron chi connectivity index (χ2n) is 4.57. The summed E-state index contributed by atoms with van der Waals surface area (Å²) in [5, 5.41) is 4.14. The van der Waals surface area contributed by atoms with Gasteiger partial charge in [-0.2, -0.15) is 0 Å². The zero-order chi connectivity index (χ0) is 15.4. The van der Waals surface area contributed by atoms with Crippen molar-refractivity contribution < 1.29 is 4.39 Å². The number of halogens is 4. The van der Waals surface area contributed by atoms with Crippen LogP contribution in [0.15, 0.2) is 34.9 Å². The predicted octanol–water partition coefficient (Wildman–Crippen LogP) is 5.38. The van der Waals surface area contributed by atoms with Crippen LogP contribution in [0, 0.1) is 5.82 Å². The fourth-order valence-corrected chi connectivity index (χ4v) is 2.88. The molecule has 21 heavy (non-hydrogen) atoms. The van der Waals surface area contributed by atoms with E-state index in [9.17, 15) is 4.39 Å². The van der Waals surface area contributed by atoms with Gasteiger partial charge in [-0.15, -0.1) is 0 Å². The van der Waals surface area contributed by atoms with Crippen LogP contribution in [0.1, 0.15) is 30.6 Å². The van der Waals surface area contributed by atoms with Gasteiger partial charge >= 0.3 is 0 Å². The summed E-state index contributed by atoms with van der Waals surface area (Å²) in [5.74, 6) is -0.306. The lowest BCUT2D eigenvalue weighted by Gasteiger charge is -2.20. The maximum Gasteiger partial charge on any atom is 0.128 e. The average molecular weight is 392 g/mol. The quantitative estimate of drug-likeness (QED) is 0.740. The van der Waals surface area contributed by atoms with Gasteiger partial charge in [0.25, 0.3) is 0 Å². The van der Waals surface area contributed by atoms with Crippen LogP contribution in [-0.4, -0.2) is 11.5 Å². The second-order valence-corrected chi connectivity index (χ2v) is 6.33. The van der Waals surface area contributed by atoms with Crippen LogP contribution in [0.4, 0.5) is 4.39 Å². The molecule has 6 heteroatoms. The van der Waals surface area contributed by atoms with Gasteiger partial charge in [-0.25, -0.2) is 4.39 Å². The highest BCUT2D eigenvalue weighted by molar-refractivity contribution is 9.10. The first-order valence-corrected chi connectivity index (χ1v) is 8.07. The highest BCUT2D eigenvalue weighted by Gasteiger charge is 2.21. The Kier molecular flexibility index (Phi) is 5.99. The molecule has 112 valence electrons. The van der Waals surface area contributed by atoms with Gasteiger partial charge in [0, 0.05) is 16.2 Å². The number of rotatable bonds is 5. The Morgan fingerprint density at radius 2 is 2.10 bits per heavy atom. The zero-order valence-electron chi connectivity index (χ0n) is 11.3. The zero-order valence-corrected chi connectivity index (χ0v) is 14.4. The lowest BCUT2D eigenvalue weighted by Crippen LogP contribution is -2.25. The number of aromatic nitrogens is 1. The molecule has 0 bridgehead atoms. The summed E-state index contributed by atoms with van der Waals surface area (Å²) in [5.41, 5.74) is 1.06. The Bertz CT molecular complexity index is 637. The molecule has 1 heterocycles. The van der Waals surface area contributed by atoms with E-state index >= 15 is 0 Å². The first-order chi connectivity index (χ1) is 10.0. The molecule has 0 saturated carbocycles. The fourth-order valence-electron chi connectivity index (χ4n) is 2.02. The highest BCUT2D eigenvalue weighted by atomic mass is 79.9. The minimum atomic E-state index is -0.424. The number of hydrogen-bond acceptors (Lipinski definition) is 2. The number of benzene rings is 1. The minimum Gasteiger partial charge on any atom is -0.305 e. The fraction of sp³-hybridized carbons (Fsp3) is 0.267. The largest absolute Gasteiger partial charge is 0.305 e. The third kappa shape index (κ3) is 4.16. The first-order valence-electron chi connectivity index (χ1n) is 6.52. The van der Waals surface area contributed by atoms with Crippen molar-refractivity contribution in [2.24, 2.45) is 0 Å². The van der Waals surface area contributed by atoms with Crippen molar-refractivity contribution in [1.82, 2.24) is 10.3 Å². The van der Waals surface area contributed by atoms with Crippen molar-refractivity contribution in [2.45, 2.75) is 19.4 Å². The van der Waals surface area contributed by atoms with Gasteiger partial charge in [0.1, 0.15) is 5.82 Å².